The highest BCUT2D eigenvalue weighted by Crippen LogP contribution is 2.15. The molecular weight excluding hydrogens is 152 g/mol. The van der Waals surface area contributed by atoms with Gasteiger partial charge in [0, 0.05) is 12.8 Å². The summed E-state index contributed by atoms with van der Waals surface area (Å²) in [4.78, 5) is 10.7. The van der Waals surface area contributed by atoms with E-state index in [1.54, 1.807) is 6.08 Å². The van der Waals surface area contributed by atoms with E-state index in [0.29, 0.717) is 12.8 Å². The molecule has 0 aromatic heterocycles. The van der Waals surface area contributed by atoms with Gasteiger partial charge in [-0.2, -0.15) is 0 Å². The first kappa shape index (κ1) is 8.86. The second-order valence-electron chi connectivity index (χ2n) is 2.68. The zero-order valence-electron chi connectivity index (χ0n) is 7.17. The molecule has 0 saturated carbocycles. The third kappa shape index (κ3) is 2.79. The minimum absolute atomic E-state index is 0.0373. The Morgan fingerprint density at radius 2 is 2.58 bits per heavy atom. The Balaban J connectivity index is 2.25. The summed E-state index contributed by atoms with van der Waals surface area (Å²) in [6, 6.07) is 0. The highest BCUT2D eigenvalue weighted by molar-refractivity contribution is 5.71. The van der Waals surface area contributed by atoms with Gasteiger partial charge in [-0.25, -0.2) is 0 Å². The first-order chi connectivity index (χ1) is 5.83. The SMILES string of the molecule is C/C=C\C#CC[C@H]1CCC(=O)O1. The summed E-state index contributed by atoms with van der Waals surface area (Å²) in [6.07, 6.45) is 5.75. The van der Waals surface area contributed by atoms with Gasteiger partial charge < -0.3 is 4.74 Å². The van der Waals surface area contributed by atoms with Crippen molar-refractivity contribution >= 4 is 5.97 Å². The fraction of sp³-hybridized carbons (Fsp3) is 0.500. The monoisotopic (exact) mass is 164 g/mol. The van der Waals surface area contributed by atoms with Crippen LogP contribution >= 0.6 is 0 Å². The zero-order valence-corrected chi connectivity index (χ0v) is 7.17. The molecule has 12 heavy (non-hydrogen) atoms. The molecule has 1 atom stereocenters. The molecule has 64 valence electrons. The van der Waals surface area contributed by atoms with E-state index < -0.39 is 0 Å². The molecule has 1 aliphatic heterocycles. The minimum Gasteiger partial charge on any atom is -0.461 e. The second-order valence-corrected chi connectivity index (χ2v) is 2.68. The highest BCUT2D eigenvalue weighted by atomic mass is 16.5. The summed E-state index contributed by atoms with van der Waals surface area (Å²) < 4.78 is 4.98. The van der Waals surface area contributed by atoms with Crippen LogP contribution in [0.4, 0.5) is 0 Å². The molecule has 1 heterocycles. The summed E-state index contributed by atoms with van der Waals surface area (Å²) in [5.41, 5.74) is 0. The Morgan fingerprint density at radius 1 is 1.75 bits per heavy atom. The Labute approximate surface area is 72.6 Å². The van der Waals surface area contributed by atoms with Gasteiger partial charge in [0.2, 0.25) is 0 Å². The average Bonchev–Trinajstić information content (AvgIpc) is 2.45. The van der Waals surface area contributed by atoms with Gasteiger partial charge >= 0.3 is 5.97 Å². The van der Waals surface area contributed by atoms with Crippen LogP contribution < -0.4 is 0 Å². The van der Waals surface area contributed by atoms with E-state index in [4.69, 9.17) is 4.74 Å². The van der Waals surface area contributed by atoms with Crippen LogP contribution in [0.5, 0.6) is 0 Å². The topological polar surface area (TPSA) is 26.3 Å². The van der Waals surface area contributed by atoms with Crippen LogP contribution in [0.1, 0.15) is 26.2 Å². The van der Waals surface area contributed by atoms with Crippen molar-refractivity contribution in [2.75, 3.05) is 0 Å². The summed E-state index contributed by atoms with van der Waals surface area (Å²) >= 11 is 0. The third-order valence-corrected chi connectivity index (χ3v) is 1.65. The summed E-state index contributed by atoms with van der Waals surface area (Å²) in [7, 11) is 0. The predicted octanol–water partition coefficient (Wildman–Crippen LogP) is 1.66. The van der Waals surface area contributed by atoms with Crippen LogP contribution in [0.2, 0.25) is 0 Å². The van der Waals surface area contributed by atoms with Gasteiger partial charge in [0.05, 0.1) is 0 Å². The average molecular weight is 164 g/mol. The van der Waals surface area contributed by atoms with Gasteiger partial charge in [-0.05, 0) is 19.4 Å². The van der Waals surface area contributed by atoms with Gasteiger partial charge in [-0.15, -0.1) is 0 Å². The van der Waals surface area contributed by atoms with Crippen molar-refractivity contribution in [1.29, 1.82) is 0 Å². The predicted molar refractivity (Wildman–Crippen MR) is 46.3 cm³/mol. The molecule has 0 amide bonds. The van der Waals surface area contributed by atoms with Crippen molar-refractivity contribution in [2.24, 2.45) is 0 Å². The molecule has 1 rings (SSSR count). The van der Waals surface area contributed by atoms with Crippen LogP contribution in [-0.4, -0.2) is 12.1 Å². The highest BCUT2D eigenvalue weighted by Gasteiger charge is 2.21. The van der Waals surface area contributed by atoms with E-state index in [1.807, 2.05) is 13.0 Å². The van der Waals surface area contributed by atoms with Gasteiger partial charge in [0.25, 0.3) is 0 Å². The van der Waals surface area contributed by atoms with E-state index in [1.165, 1.54) is 0 Å². The van der Waals surface area contributed by atoms with E-state index in [9.17, 15) is 4.79 Å². The number of rotatable bonds is 1. The molecule has 0 spiro atoms. The third-order valence-electron chi connectivity index (χ3n) is 1.65. The fourth-order valence-electron chi connectivity index (χ4n) is 1.04. The molecule has 1 saturated heterocycles. The van der Waals surface area contributed by atoms with Gasteiger partial charge in [0.15, 0.2) is 0 Å². The van der Waals surface area contributed by atoms with E-state index in [2.05, 4.69) is 11.8 Å². The van der Waals surface area contributed by atoms with Crippen molar-refractivity contribution in [3.8, 4) is 11.8 Å². The van der Waals surface area contributed by atoms with E-state index >= 15 is 0 Å². The molecule has 1 aliphatic rings. The first-order valence-corrected chi connectivity index (χ1v) is 4.12. The fourth-order valence-corrected chi connectivity index (χ4v) is 1.04. The van der Waals surface area contributed by atoms with Crippen molar-refractivity contribution in [3.05, 3.63) is 12.2 Å². The number of allylic oxidation sites excluding steroid dienone is 2. The molecule has 2 nitrogen and oxygen atoms in total. The number of cyclic esters (lactones) is 1. The Hall–Kier alpha value is -1.23. The standard InChI is InChI=1S/C10H12O2/c1-2-3-4-5-6-9-7-8-10(11)12-9/h2-3,9H,6-8H2,1H3/b3-2-/t9-/m0/s1. The smallest absolute Gasteiger partial charge is 0.306 e. The van der Waals surface area contributed by atoms with E-state index in [-0.39, 0.29) is 12.1 Å². The number of hydrogen-bond acceptors (Lipinski definition) is 2. The van der Waals surface area contributed by atoms with E-state index in [0.717, 1.165) is 6.42 Å². The quantitative estimate of drug-likeness (QED) is 0.435. The molecular formula is C10H12O2. The molecule has 0 aliphatic carbocycles. The molecule has 0 aromatic carbocycles. The van der Waals surface area contributed by atoms with Gasteiger partial charge in [0.1, 0.15) is 6.10 Å². The first-order valence-electron chi connectivity index (χ1n) is 4.12. The van der Waals surface area contributed by atoms with Crippen molar-refractivity contribution < 1.29 is 9.53 Å². The van der Waals surface area contributed by atoms with Crippen LogP contribution in [0.3, 0.4) is 0 Å². The maximum absolute atomic E-state index is 10.7. The van der Waals surface area contributed by atoms with Crippen molar-refractivity contribution in [3.63, 3.8) is 0 Å². The summed E-state index contributed by atoms with van der Waals surface area (Å²) in [5, 5.41) is 0. The lowest BCUT2D eigenvalue weighted by Gasteiger charge is -2.01. The Morgan fingerprint density at radius 3 is 3.17 bits per heavy atom. The Bertz CT molecular complexity index is 242. The van der Waals surface area contributed by atoms with Crippen molar-refractivity contribution in [1.82, 2.24) is 0 Å². The summed E-state index contributed by atoms with van der Waals surface area (Å²) in [6.45, 7) is 1.92. The normalized spacial score (nSPS) is 22.1. The molecule has 2 heteroatoms. The van der Waals surface area contributed by atoms with Crippen LogP contribution in [0, 0.1) is 11.8 Å². The molecule has 1 fully saturated rings. The van der Waals surface area contributed by atoms with Crippen LogP contribution in [-0.2, 0) is 9.53 Å². The number of esters is 1. The lowest BCUT2D eigenvalue weighted by atomic mass is 10.2. The minimum atomic E-state index is -0.0900. The van der Waals surface area contributed by atoms with Crippen molar-refractivity contribution in [2.45, 2.75) is 32.3 Å². The van der Waals surface area contributed by atoms with Gasteiger partial charge in [-0.1, -0.05) is 17.9 Å². The van der Waals surface area contributed by atoms with Crippen LogP contribution in [0.15, 0.2) is 12.2 Å². The maximum Gasteiger partial charge on any atom is 0.306 e. The zero-order chi connectivity index (χ0) is 8.81. The number of ether oxygens (including phenoxy) is 1. The lowest BCUT2D eigenvalue weighted by molar-refractivity contribution is -0.141. The number of hydrogen-bond donors (Lipinski definition) is 0. The Kier molecular flexibility index (Phi) is 3.40. The maximum atomic E-state index is 10.7. The molecule has 0 N–H and O–H groups in total. The molecule has 0 radical (unpaired) electrons. The second kappa shape index (κ2) is 4.61. The molecule has 0 bridgehead atoms. The largest absolute Gasteiger partial charge is 0.461 e. The lowest BCUT2D eigenvalue weighted by Crippen LogP contribution is -2.04. The van der Waals surface area contributed by atoms with Gasteiger partial charge in [-0.3, -0.25) is 4.79 Å². The number of carbonyl (C=O) groups is 1. The number of carbonyl (C=O) groups excluding carboxylic acids is 1. The molecule has 0 unspecified atom stereocenters. The van der Waals surface area contributed by atoms with Crippen LogP contribution in [0.25, 0.3) is 0 Å². The molecule has 0 aromatic rings. The summed E-state index contributed by atoms with van der Waals surface area (Å²) in [5.74, 6) is 5.70.